The Balaban J connectivity index is 1.84. The Kier molecular flexibility index (Phi) is 4.60. The van der Waals surface area contributed by atoms with Gasteiger partial charge in [-0.3, -0.25) is 0 Å². The van der Waals surface area contributed by atoms with Crippen LogP contribution in [0.25, 0.3) is 0 Å². The third-order valence-electron chi connectivity index (χ3n) is 3.58. The Hall–Kier alpha value is -0.640. The van der Waals surface area contributed by atoms with Gasteiger partial charge in [0.2, 0.25) is 0 Å². The zero-order chi connectivity index (χ0) is 13.0. The second-order valence-electron chi connectivity index (χ2n) is 5.26. The molecule has 0 atom stereocenters. The van der Waals surface area contributed by atoms with Crippen LogP contribution in [0, 0.1) is 11.2 Å². The van der Waals surface area contributed by atoms with Gasteiger partial charge in [0.15, 0.2) is 0 Å². The van der Waals surface area contributed by atoms with E-state index in [-0.39, 0.29) is 5.82 Å². The van der Waals surface area contributed by atoms with Crippen molar-refractivity contribution in [1.29, 1.82) is 0 Å². The van der Waals surface area contributed by atoms with Gasteiger partial charge in [0.05, 0.1) is 0 Å². The molecule has 1 N–H and O–H groups in total. The first kappa shape index (κ1) is 13.8. The monoisotopic (exact) mass is 271 g/mol. The molecule has 2 rings (SSSR count). The van der Waals surface area contributed by atoms with Gasteiger partial charge < -0.3 is 10.1 Å². The van der Waals surface area contributed by atoms with E-state index in [4.69, 9.17) is 16.3 Å². The fourth-order valence-corrected chi connectivity index (χ4v) is 2.44. The lowest BCUT2D eigenvalue weighted by atomic mass is 9.82. The summed E-state index contributed by atoms with van der Waals surface area (Å²) in [6.45, 7) is 5.57. The molecule has 1 heterocycles. The maximum atomic E-state index is 12.9. The van der Waals surface area contributed by atoms with Crippen LogP contribution in [0.2, 0.25) is 5.02 Å². The van der Waals surface area contributed by atoms with Crippen molar-refractivity contribution in [2.24, 2.45) is 5.41 Å². The molecule has 0 radical (unpaired) electrons. The van der Waals surface area contributed by atoms with E-state index in [2.05, 4.69) is 12.2 Å². The second kappa shape index (κ2) is 6.00. The van der Waals surface area contributed by atoms with Crippen LogP contribution in [0.4, 0.5) is 4.39 Å². The molecular formula is C14H19ClFNO. The van der Waals surface area contributed by atoms with Gasteiger partial charge >= 0.3 is 0 Å². The molecule has 2 nitrogen and oxygen atoms in total. The molecule has 0 amide bonds. The zero-order valence-corrected chi connectivity index (χ0v) is 11.4. The van der Waals surface area contributed by atoms with Gasteiger partial charge in [0.25, 0.3) is 0 Å². The molecule has 0 aliphatic carbocycles. The molecule has 18 heavy (non-hydrogen) atoms. The van der Waals surface area contributed by atoms with Gasteiger partial charge in [0.1, 0.15) is 5.82 Å². The molecule has 0 aromatic heterocycles. The predicted molar refractivity (Wildman–Crippen MR) is 71.3 cm³/mol. The third kappa shape index (κ3) is 3.67. The van der Waals surface area contributed by atoms with E-state index in [1.54, 1.807) is 6.07 Å². The highest BCUT2D eigenvalue weighted by Crippen LogP contribution is 2.28. The minimum Gasteiger partial charge on any atom is -0.381 e. The van der Waals surface area contributed by atoms with Crippen LogP contribution >= 0.6 is 11.6 Å². The van der Waals surface area contributed by atoms with E-state index in [9.17, 15) is 4.39 Å². The first-order chi connectivity index (χ1) is 8.59. The molecule has 1 aromatic carbocycles. The van der Waals surface area contributed by atoms with Crippen molar-refractivity contribution >= 4 is 11.6 Å². The number of nitrogens with one attached hydrogen (secondary N) is 1. The number of halogens is 2. The number of benzene rings is 1. The molecule has 1 fully saturated rings. The first-order valence-electron chi connectivity index (χ1n) is 6.31. The van der Waals surface area contributed by atoms with Crippen LogP contribution in [0.3, 0.4) is 0 Å². The normalized spacial score (nSPS) is 18.8. The molecular weight excluding hydrogens is 253 g/mol. The van der Waals surface area contributed by atoms with Gasteiger partial charge in [0, 0.05) is 31.3 Å². The van der Waals surface area contributed by atoms with E-state index in [0.29, 0.717) is 17.0 Å². The van der Waals surface area contributed by atoms with Gasteiger partial charge in [-0.1, -0.05) is 24.6 Å². The second-order valence-corrected chi connectivity index (χ2v) is 5.67. The summed E-state index contributed by atoms with van der Waals surface area (Å²) in [6.07, 6.45) is 2.16. The number of ether oxygens (including phenoxy) is 1. The Bertz CT molecular complexity index is 405. The van der Waals surface area contributed by atoms with Crippen molar-refractivity contribution in [3.8, 4) is 0 Å². The lowest BCUT2D eigenvalue weighted by Crippen LogP contribution is -2.36. The van der Waals surface area contributed by atoms with Crippen LogP contribution in [0.5, 0.6) is 0 Å². The van der Waals surface area contributed by atoms with Gasteiger partial charge in [-0.05, 0) is 36.0 Å². The van der Waals surface area contributed by atoms with E-state index >= 15 is 0 Å². The molecule has 1 aliphatic heterocycles. The summed E-state index contributed by atoms with van der Waals surface area (Å²) < 4.78 is 18.3. The SMILES string of the molecule is CC1(CNCc2ccc(F)cc2Cl)CCOCC1. The average Bonchev–Trinajstić information content (AvgIpc) is 2.33. The Labute approximate surface area is 112 Å². The topological polar surface area (TPSA) is 21.3 Å². The van der Waals surface area contributed by atoms with Gasteiger partial charge in [-0.2, -0.15) is 0 Å². The van der Waals surface area contributed by atoms with Crippen LogP contribution in [0.1, 0.15) is 25.3 Å². The molecule has 1 saturated heterocycles. The highest BCUT2D eigenvalue weighted by molar-refractivity contribution is 6.31. The summed E-state index contributed by atoms with van der Waals surface area (Å²) in [6, 6.07) is 4.53. The van der Waals surface area contributed by atoms with E-state index in [0.717, 1.165) is 38.2 Å². The molecule has 100 valence electrons. The fourth-order valence-electron chi connectivity index (χ4n) is 2.20. The van der Waals surface area contributed by atoms with Crippen molar-refractivity contribution < 1.29 is 9.13 Å². The molecule has 0 saturated carbocycles. The van der Waals surface area contributed by atoms with Crippen LogP contribution < -0.4 is 5.32 Å². The molecule has 0 bridgehead atoms. The summed E-state index contributed by atoms with van der Waals surface area (Å²) in [7, 11) is 0. The van der Waals surface area contributed by atoms with Crippen molar-refractivity contribution in [1.82, 2.24) is 5.32 Å². The third-order valence-corrected chi connectivity index (χ3v) is 3.93. The number of rotatable bonds is 4. The maximum absolute atomic E-state index is 12.9. The molecule has 0 spiro atoms. The number of hydrogen-bond donors (Lipinski definition) is 1. The summed E-state index contributed by atoms with van der Waals surface area (Å²) in [5.41, 5.74) is 1.24. The van der Waals surface area contributed by atoms with Crippen molar-refractivity contribution in [2.75, 3.05) is 19.8 Å². The lowest BCUT2D eigenvalue weighted by molar-refractivity contribution is 0.0240. The van der Waals surface area contributed by atoms with E-state index in [1.165, 1.54) is 12.1 Å². The Morgan fingerprint density at radius 1 is 1.39 bits per heavy atom. The van der Waals surface area contributed by atoms with Crippen LogP contribution in [0.15, 0.2) is 18.2 Å². The van der Waals surface area contributed by atoms with Crippen LogP contribution in [-0.4, -0.2) is 19.8 Å². The molecule has 1 aromatic rings. The minimum absolute atomic E-state index is 0.292. The summed E-state index contributed by atoms with van der Waals surface area (Å²) >= 11 is 5.99. The van der Waals surface area contributed by atoms with Crippen molar-refractivity contribution in [2.45, 2.75) is 26.3 Å². The fraction of sp³-hybridized carbons (Fsp3) is 0.571. The van der Waals surface area contributed by atoms with E-state index < -0.39 is 0 Å². The largest absolute Gasteiger partial charge is 0.381 e. The van der Waals surface area contributed by atoms with Crippen molar-refractivity contribution in [3.05, 3.63) is 34.6 Å². The minimum atomic E-state index is -0.292. The van der Waals surface area contributed by atoms with Crippen molar-refractivity contribution in [3.63, 3.8) is 0 Å². The number of hydrogen-bond acceptors (Lipinski definition) is 2. The zero-order valence-electron chi connectivity index (χ0n) is 10.6. The Morgan fingerprint density at radius 2 is 2.11 bits per heavy atom. The molecule has 4 heteroatoms. The standard InChI is InChI=1S/C14H19ClFNO/c1-14(4-6-18-7-5-14)10-17-9-11-2-3-12(16)8-13(11)15/h2-3,8,17H,4-7,9-10H2,1H3. The molecule has 0 unspecified atom stereocenters. The van der Waals surface area contributed by atoms with Crippen LogP contribution in [-0.2, 0) is 11.3 Å². The summed E-state index contributed by atoms with van der Waals surface area (Å²) in [4.78, 5) is 0. The smallest absolute Gasteiger partial charge is 0.124 e. The Morgan fingerprint density at radius 3 is 2.78 bits per heavy atom. The van der Waals surface area contributed by atoms with Gasteiger partial charge in [-0.25, -0.2) is 4.39 Å². The highest BCUT2D eigenvalue weighted by atomic mass is 35.5. The van der Waals surface area contributed by atoms with E-state index in [1.807, 2.05) is 0 Å². The lowest BCUT2D eigenvalue weighted by Gasteiger charge is -2.33. The summed E-state index contributed by atoms with van der Waals surface area (Å²) in [5.74, 6) is -0.292. The maximum Gasteiger partial charge on any atom is 0.124 e. The predicted octanol–water partition coefficient (Wildman–Crippen LogP) is 3.39. The quantitative estimate of drug-likeness (QED) is 0.906. The first-order valence-corrected chi connectivity index (χ1v) is 6.69. The van der Waals surface area contributed by atoms with Gasteiger partial charge in [-0.15, -0.1) is 0 Å². The molecule has 1 aliphatic rings. The summed E-state index contributed by atoms with van der Waals surface area (Å²) in [5, 5.41) is 3.90. The highest BCUT2D eigenvalue weighted by Gasteiger charge is 2.26. The average molecular weight is 272 g/mol.